The Bertz CT molecular complexity index is 214. The highest BCUT2D eigenvalue weighted by Gasteiger charge is 2.44. The number of ether oxygens (including phenoxy) is 1. The summed E-state index contributed by atoms with van der Waals surface area (Å²) in [7, 11) is 1.43. The molecule has 0 amide bonds. The molecule has 0 aromatic heterocycles. The monoisotopic (exact) mass is 184 g/mol. The van der Waals surface area contributed by atoms with E-state index < -0.39 is 0 Å². The van der Waals surface area contributed by atoms with Gasteiger partial charge in [-0.2, -0.15) is 0 Å². The second-order valence-electron chi connectivity index (χ2n) is 4.28. The highest BCUT2D eigenvalue weighted by atomic mass is 16.5. The molecule has 3 nitrogen and oxygen atoms in total. The summed E-state index contributed by atoms with van der Waals surface area (Å²) in [6, 6.07) is 0. The van der Waals surface area contributed by atoms with Gasteiger partial charge in [-0.3, -0.25) is 4.79 Å². The molecule has 3 aliphatic rings. The number of aliphatic hydroxyl groups excluding tert-OH is 1. The molecule has 0 aromatic rings. The Balaban J connectivity index is 2.10. The molecule has 3 fully saturated rings. The number of carbonyl (C=O) groups excluding carboxylic acids is 1. The van der Waals surface area contributed by atoms with E-state index in [9.17, 15) is 9.90 Å². The minimum absolute atomic E-state index is 0.0347. The number of aliphatic hydroxyl groups is 1. The largest absolute Gasteiger partial charge is 0.469 e. The summed E-state index contributed by atoms with van der Waals surface area (Å²) < 4.78 is 4.74. The van der Waals surface area contributed by atoms with Crippen LogP contribution in [-0.2, 0) is 9.53 Å². The molecule has 74 valence electrons. The number of fused-ring (bicyclic) bond motifs is 3. The number of esters is 1. The van der Waals surface area contributed by atoms with Crippen LogP contribution in [0, 0.1) is 17.8 Å². The molecule has 0 aliphatic heterocycles. The Labute approximate surface area is 78.1 Å². The SMILES string of the molecule is COC(=O)[C@@H]1C[C@H]2CC[C@H]1[C@H](O)C2. The van der Waals surface area contributed by atoms with Gasteiger partial charge < -0.3 is 9.84 Å². The van der Waals surface area contributed by atoms with Gasteiger partial charge in [0.25, 0.3) is 0 Å². The van der Waals surface area contributed by atoms with E-state index in [1.54, 1.807) is 0 Å². The van der Waals surface area contributed by atoms with E-state index in [-0.39, 0.29) is 23.9 Å². The van der Waals surface area contributed by atoms with E-state index in [4.69, 9.17) is 4.74 Å². The Hall–Kier alpha value is -0.570. The maximum absolute atomic E-state index is 11.4. The first-order chi connectivity index (χ1) is 6.22. The third kappa shape index (κ3) is 1.46. The zero-order valence-electron chi connectivity index (χ0n) is 7.90. The van der Waals surface area contributed by atoms with Crippen molar-refractivity contribution in [2.45, 2.75) is 31.8 Å². The summed E-state index contributed by atoms with van der Waals surface area (Å²) in [4.78, 5) is 11.4. The lowest BCUT2D eigenvalue weighted by atomic mass is 9.63. The number of carbonyl (C=O) groups is 1. The van der Waals surface area contributed by atoms with E-state index in [1.807, 2.05) is 0 Å². The highest BCUT2D eigenvalue weighted by Crippen LogP contribution is 2.45. The fraction of sp³-hybridized carbons (Fsp3) is 0.900. The molecule has 2 bridgehead atoms. The molecule has 3 rings (SSSR count). The number of rotatable bonds is 1. The number of hydrogen-bond acceptors (Lipinski definition) is 3. The highest BCUT2D eigenvalue weighted by molar-refractivity contribution is 5.73. The number of methoxy groups -OCH3 is 1. The summed E-state index contributed by atoms with van der Waals surface area (Å²) >= 11 is 0. The molecule has 0 saturated heterocycles. The Morgan fingerprint density at radius 1 is 1.38 bits per heavy atom. The van der Waals surface area contributed by atoms with Crippen LogP contribution in [0.4, 0.5) is 0 Å². The second-order valence-corrected chi connectivity index (χ2v) is 4.28. The van der Waals surface area contributed by atoms with Crippen molar-refractivity contribution in [1.82, 2.24) is 0 Å². The zero-order chi connectivity index (χ0) is 9.42. The van der Waals surface area contributed by atoms with Crippen molar-refractivity contribution in [3.63, 3.8) is 0 Å². The van der Waals surface area contributed by atoms with Crippen LogP contribution in [0.2, 0.25) is 0 Å². The average molecular weight is 184 g/mol. The standard InChI is InChI=1S/C10H16O3/c1-13-10(12)8-4-6-2-3-7(8)9(11)5-6/h6-9,11H,2-5H2,1H3/t6-,7-,8-,9-/m1/s1. The van der Waals surface area contributed by atoms with Crippen LogP contribution < -0.4 is 0 Å². The lowest BCUT2D eigenvalue weighted by molar-refractivity contribution is -0.156. The van der Waals surface area contributed by atoms with Crippen LogP contribution in [0.15, 0.2) is 0 Å². The lowest BCUT2D eigenvalue weighted by Gasteiger charge is -2.44. The van der Waals surface area contributed by atoms with E-state index in [0.717, 1.165) is 19.3 Å². The summed E-state index contributed by atoms with van der Waals surface area (Å²) in [5.74, 6) is 0.544. The molecule has 3 aliphatic carbocycles. The van der Waals surface area contributed by atoms with Crippen LogP contribution >= 0.6 is 0 Å². The van der Waals surface area contributed by atoms with Gasteiger partial charge in [0.1, 0.15) is 0 Å². The average Bonchev–Trinajstić information content (AvgIpc) is 2.17. The van der Waals surface area contributed by atoms with Crippen molar-refractivity contribution in [2.75, 3.05) is 7.11 Å². The molecule has 1 N–H and O–H groups in total. The van der Waals surface area contributed by atoms with Crippen LogP contribution in [0.25, 0.3) is 0 Å². The molecular weight excluding hydrogens is 168 g/mol. The van der Waals surface area contributed by atoms with Crippen molar-refractivity contribution >= 4 is 5.97 Å². The lowest BCUT2D eigenvalue weighted by Crippen LogP contribution is -2.44. The van der Waals surface area contributed by atoms with E-state index in [2.05, 4.69) is 0 Å². The summed E-state index contributed by atoms with van der Waals surface area (Å²) in [6.07, 6.45) is 3.71. The molecular formula is C10H16O3. The van der Waals surface area contributed by atoms with Crippen LogP contribution in [0.3, 0.4) is 0 Å². The molecule has 0 radical (unpaired) electrons. The van der Waals surface area contributed by atoms with Crippen molar-refractivity contribution in [2.24, 2.45) is 17.8 Å². The maximum Gasteiger partial charge on any atom is 0.309 e. The Morgan fingerprint density at radius 3 is 2.69 bits per heavy atom. The van der Waals surface area contributed by atoms with Crippen molar-refractivity contribution in [1.29, 1.82) is 0 Å². The van der Waals surface area contributed by atoms with Gasteiger partial charge in [0.2, 0.25) is 0 Å². The Kier molecular flexibility index (Phi) is 2.28. The minimum Gasteiger partial charge on any atom is -0.469 e. The summed E-state index contributed by atoms with van der Waals surface area (Å²) in [6.45, 7) is 0. The number of hydrogen-bond donors (Lipinski definition) is 1. The van der Waals surface area contributed by atoms with Gasteiger partial charge in [0.05, 0.1) is 19.1 Å². The molecule has 4 atom stereocenters. The quantitative estimate of drug-likeness (QED) is 0.617. The van der Waals surface area contributed by atoms with Crippen LogP contribution in [-0.4, -0.2) is 24.3 Å². The van der Waals surface area contributed by atoms with Crippen LogP contribution in [0.1, 0.15) is 25.7 Å². The first kappa shape index (κ1) is 9.00. The van der Waals surface area contributed by atoms with Crippen molar-refractivity contribution in [3.8, 4) is 0 Å². The normalized spacial score (nSPS) is 43.2. The van der Waals surface area contributed by atoms with Gasteiger partial charge in [-0.05, 0) is 37.5 Å². The van der Waals surface area contributed by atoms with E-state index in [1.165, 1.54) is 13.5 Å². The smallest absolute Gasteiger partial charge is 0.309 e. The fourth-order valence-corrected chi connectivity index (χ4v) is 2.89. The van der Waals surface area contributed by atoms with Gasteiger partial charge in [-0.15, -0.1) is 0 Å². The topological polar surface area (TPSA) is 46.5 Å². The second kappa shape index (κ2) is 3.29. The third-order valence-corrected chi connectivity index (χ3v) is 3.59. The first-order valence-electron chi connectivity index (χ1n) is 4.98. The first-order valence-corrected chi connectivity index (χ1v) is 4.98. The van der Waals surface area contributed by atoms with Gasteiger partial charge in [0, 0.05) is 0 Å². The van der Waals surface area contributed by atoms with E-state index >= 15 is 0 Å². The molecule has 0 heterocycles. The molecule has 3 saturated carbocycles. The molecule has 0 unspecified atom stereocenters. The predicted octanol–water partition coefficient (Wildman–Crippen LogP) is 0.956. The van der Waals surface area contributed by atoms with Crippen molar-refractivity contribution < 1.29 is 14.6 Å². The predicted molar refractivity (Wildman–Crippen MR) is 47.0 cm³/mol. The third-order valence-electron chi connectivity index (χ3n) is 3.59. The molecule has 0 spiro atoms. The van der Waals surface area contributed by atoms with Gasteiger partial charge >= 0.3 is 5.97 Å². The fourth-order valence-electron chi connectivity index (χ4n) is 2.89. The van der Waals surface area contributed by atoms with E-state index in [0.29, 0.717) is 5.92 Å². The van der Waals surface area contributed by atoms with Gasteiger partial charge in [0.15, 0.2) is 0 Å². The minimum atomic E-state index is -0.267. The summed E-state index contributed by atoms with van der Waals surface area (Å²) in [5, 5.41) is 9.71. The van der Waals surface area contributed by atoms with Gasteiger partial charge in [-0.25, -0.2) is 0 Å². The maximum atomic E-state index is 11.4. The van der Waals surface area contributed by atoms with Gasteiger partial charge in [-0.1, -0.05) is 0 Å². The summed E-state index contributed by atoms with van der Waals surface area (Å²) in [5.41, 5.74) is 0. The Morgan fingerprint density at radius 2 is 2.15 bits per heavy atom. The van der Waals surface area contributed by atoms with Crippen LogP contribution in [0.5, 0.6) is 0 Å². The molecule has 13 heavy (non-hydrogen) atoms. The zero-order valence-corrected chi connectivity index (χ0v) is 7.90. The molecule has 0 aromatic carbocycles. The molecule has 3 heteroatoms. The van der Waals surface area contributed by atoms with Crippen molar-refractivity contribution in [3.05, 3.63) is 0 Å².